The first-order chi connectivity index (χ1) is 8.97. The second-order valence-corrected chi connectivity index (χ2v) is 4.87. The SMILES string of the molecule is Cc1ccn(CC(=O)N(C)Cc2c(Cl)cnn2C)n1. The number of amides is 1. The van der Waals surface area contributed by atoms with E-state index in [-0.39, 0.29) is 12.5 Å². The van der Waals surface area contributed by atoms with E-state index in [2.05, 4.69) is 10.2 Å². The molecule has 0 unspecified atom stereocenters. The van der Waals surface area contributed by atoms with Crippen molar-refractivity contribution in [1.29, 1.82) is 0 Å². The molecular formula is C12H16ClN5O. The maximum Gasteiger partial charge on any atom is 0.244 e. The van der Waals surface area contributed by atoms with Gasteiger partial charge in [-0.05, 0) is 13.0 Å². The molecule has 0 fully saturated rings. The van der Waals surface area contributed by atoms with Crippen LogP contribution in [0.15, 0.2) is 18.5 Å². The minimum absolute atomic E-state index is 0.0274. The molecule has 0 radical (unpaired) electrons. The first kappa shape index (κ1) is 13.6. The number of hydrogen-bond acceptors (Lipinski definition) is 3. The summed E-state index contributed by atoms with van der Waals surface area (Å²) in [7, 11) is 3.54. The highest BCUT2D eigenvalue weighted by molar-refractivity contribution is 6.31. The van der Waals surface area contributed by atoms with Gasteiger partial charge in [-0.2, -0.15) is 10.2 Å². The summed E-state index contributed by atoms with van der Waals surface area (Å²) >= 11 is 6.02. The second-order valence-electron chi connectivity index (χ2n) is 4.47. The summed E-state index contributed by atoms with van der Waals surface area (Å²) in [6, 6.07) is 1.87. The lowest BCUT2D eigenvalue weighted by Crippen LogP contribution is -2.30. The van der Waals surface area contributed by atoms with Gasteiger partial charge in [0, 0.05) is 20.3 Å². The van der Waals surface area contributed by atoms with Gasteiger partial charge in [-0.1, -0.05) is 11.6 Å². The molecule has 6 nitrogen and oxygen atoms in total. The minimum Gasteiger partial charge on any atom is -0.338 e. The molecule has 0 bridgehead atoms. The van der Waals surface area contributed by atoms with Crippen LogP contribution in [-0.4, -0.2) is 37.4 Å². The molecule has 2 aromatic heterocycles. The van der Waals surface area contributed by atoms with E-state index in [1.54, 1.807) is 40.8 Å². The van der Waals surface area contributed by atoms with Gasteiger partial charge in [-0.15, -0.1) is 0 Å². The van der Waals surface area contributed by atoms with E-state index in [0.717, 1.165) is 11.4 Å². The van der Waals surface area contributed by atoms with Gasteiger partial charge in [0.1, 0.15) is 6.54 Å². The van der Waals surface area contributed by atoms with Gasteiger partial charge in [0.25, 0.3) is 0 Å². The second kappa shape index (κ2) is 5.44. The first-order valence-corrected chi connectivity index (χ1v) is 6.25. The number of aryl methyl sites for hydroxylation is 2. The van der Waals surface area contributed by atoms with E-state index in [9.17, 15) is 4.79 Å². The van der Waals surface area contributed by atoms with Gasteiger partial charge in [0.15, 0.2) is 0 Å². The van der Waals surface area contributed by atoms with E-state index in [1.807, 2.05) is 13.0 Å². The Labute approximate surface area is 116 Å². The maximum atomic E-state index is 12.1. The molecule has 2 heterocycles. The Balaban J connectivity index is 2.00. The average molecular weight is 282 g/mol. The summed E-state index contributed by atoms with van der Waals surface area (Å²) in [5, 5.41) is 8.80. The van der Waals surface area contributed by atoms with E-state index in [1.165, 1.54) is 0 Å². The minimum atomic E-state index is -0.0274. The van der Waals surface area contributed by atoms with Gasteiger partial charge < -0.3 is 4.90 Å². The predicted octanol–water partition coefficient (Wildman–Crippen LogP) is 1.24. The summed E-state index contributed by atoms with van der Waals surface area (Å²) in [6.45, 7) is 2.54. The van der Waals surface area contributed by atoms with Gasteiger partial charge in [-0.25, -0.2) is 0 Å². The van der Waals surface area contributed by atoms with Crippen LogP contribution >= 0.6 is 11.6 Å². The van der Waals surface area contributed by atoms with Crippen molar-refractivity contribution in [3.05, 3.63) is 34.9 Å². The third kappa shape index (κ3) is 3.14. The number of likely N-dealkylation sites (N-methyl/N-ethyl adjacent to an activating group) is 1. The van der Waals surface area contributed by atoms with Crippen LogP contribution in [0.4, 0.5) is 0 Å². The highest BCUT2D eigenvalue weighted by Crippen LogP contribution is 2.15. The molecule has 1 amide bonds. The van der Waals surface area contributed by atoms with Crippen LogP contribution in [0.5, 0.6) is 0 Å². The fraction of sp³-hybridized carbons (Fsp3) is 0.417. The molecular weight excluding hydrogens is 266 g/mol. The molecule has 0 aromatic carbocycles. The smallest absolute Gasteiger partial charge is 0.244 e. The van der Waals surface area contributed by atoms with Crippen LogP contribution in [0.25, 0.3) is 0 Å². The quantitative estimate of drug-likeness (QED) is 0.847. The summed E-state index contributed by atoms with van der Waals surface area (Å²) in [5.41, 5.74) is 1.71. The monoisotopic (exact) mass is 281 g/mol. The number of aromatic nitrogens is 4. The molecule has 0 saturated carbocycles. The van der Waals surface area contributed by atoms with Gasteiger partial charge >= 0.3 is 0 Å². The molecule has 2 rings (SSSR count). The Hall–Kier alpha value is -1.82. The molecule has 0 saturated heterocycles. The number of rotatable bonds is 4. The van der Waals surface area contributed by atoms with Crippen LogP contribution in [0.3, 0.4) is 0 Å². The fourth-order valence-electron chi connectivity index (χ4n) is 1.74. The van der Waals surface area contributed by atoms with Crippen molar-refractivity contribution >= 4 is 17.5 Å². The molecule has 19 heavy (non-hydrogen) atoms. The molecule has 0 aliphatic rings. The fourth-order valence-corrected chi connectivity index (χ4v) is 1.96. The van der Waals surface area contributed by atoms with Crippen LogP contribution in [0.2, 0.25) is 5.02 Å². The topological polar surface area (TPSA) is 56.0 Å². The standard InChI is InChI=1S/C12H16ClN5O/c1-9-4-5-18(15-9)8-12(19)16(2)7-11-10(13)6-14-17(11)3/h4-6H,7-8H2,1-3H3. The Bertz CT molecular complexity index is 569. The zero-order valence-electron chi connectivity index (χ0n) is 11.2. The van der Waals surface area contributed by atoms with E-state index >= 15 is 0 Å². The largest absolute Gasteiger partial charge is 0.338 e. The van der Waals surface area contributed by atoms with Crippen molar-refractivity contribution in [2.24, 2.45) is 7.05 Å². The van der Waals surface area contributed by atoms with E-state index in [4.69, 9.17) is 11.6 Å². The molecule has 0 atom stereocenters. The van der Waals surface area contributed by atoms with E-state index in [0.29, 0.717) is 11.6 Å². The van der Waals surface area contributed by atoms with Crippen LogP contribution < -0.4 is 0 Å². The highest BCUT2D eigenvalue weighted by atomic mass is 35.5. The zero-order chi connectivity index (χ0) is 14.0. The van der Waals surface area contributed by atoms with Crippen LogP contribution in [0, 0.1) is 6.92 Å². The summed E-state index contributed by atoms with van der Waals surface area (Å²) < 4.78 is 3.29. The van der Waals surface area contributed by atoms with Crippen molar-refractivity contribution in [2.75, 3.05) is 7.05 Å². The Kier molecular flexibility index (Phi) is 3.90. The summed E-state index contributed by atoms with van der Waals surface area (Å²) in [6.07, 6.45) is 3.37. The van der Waals surface area contributed by atoms with Crippen LogP contribution in [0.1, 0.15) is 11.4 Å². The molecule has 0 aliphatic heterocycles. The maximum absolute atomic E-state index is 12.1. The Morgan fingerprint density at radius 2 is 2.26 bits per heavy atom. The lowest BCUT2D eigenvalue weighted by Gasteiger charge is -2.17. The molecule has 102 valence electrons. The van der Waals surface area contributed by atoms with E-state index < -0.39 is 0 Å². The molecule has 0 spiro atoms. The number of halogens is 1. The van der Waals surface area contributed by atoms with Crippen molar-refractivity contribution in [1.82, 2.24) is 24.5 Å². The number of carbonyl (C=O) groups excluding carboxylic acids is 1. The van der Waals surface area contributed by atoms with Crippen molar-refractivity contribution < 1.29 is 4.79 Å². The molecule has 2 aromatic rings. The molecule has 0 aliphatic carbocycles. The normalized spacial score (nSPS) is 10.7. The van der Waals surface area contributed by atoms with Gasteiger partial charge in [-0.3, -0.25) is 14.2 Å². The third-order valence-corrected chi connectivity index (χ3v) is 3.21. The molecule has 0 N–H and O–H groups in total. The number of nitrogens with zero attached hydrogens (tertiary/aromatic N) is 5. The Morgan fingerprint density at radius 3 is 2.79 bits per heavy atom. The predicted molar refractivity (Wildman–Crippen MR) is 71.7 cm³/mol. The molecule has 7 heteroatoms. The van der Waals surface area contributed by atoms with Gasteiger partial charge in [0.2, 0.25) is 5.91 Å². The lowest BCUT2D eigenvalue weighted by atomic mass is 10.4. The number of carbonyl (C=O) groups is 1. The van der Waals surface area contributed by atoms with Crippen molar-refractivity contribution in [2.45, 2.75) is 20.0 Å². The average Bonchev–Trinajstić information content (AvgIpc) is 2.89. The van der Waals surface area contributed by atoms with Crippen molar-refractivity contribution in [3.63, 3.8) is 0 Å². The number of hydrogen-bond donors (Lipinski definition) is 0. The van der Waals surface area contributed by atoms with Gasteiger partial charge in [0.05, 0.1) is 29.2 Å². The van der Waals surface area contributed by atoms with Crippen molar-refractivity contribution in [3.8, 4) is 0 Å². The highest BCUT2D eigenvalue weighted by Gasteiger charge is 2.14. The summed E-state index contributed by atoms with van der Waals surface area (Å²) in [5.74, 6) is -0.0274. The third-order valence-electron chi connectivity index (χ3n) is 2.89. The first-order valence-electron chi connectivity index (χ1n) is 5.87. The summed E-state index contributed by atoms with van der Waals surface area (Å²) in [4.78, 5) is 13.7. The Morgan fingerprint density at radius 1 is 1.53 bits per heavy atom. The lowest BCUT2D eigenvalue weighted by molar-refractivity contribution is -0.131. The van der Waals surface area contributed by atoms with Crippen LogP contribution in [-0.2, 0) is 24.9 Å². The zero-order valence-corrected chi connectivity index (χ0v) is 11.9.